The number of rotatable bonds is 8. The molecule has 3 aromatic carbocycles. The van der Waals surface area contributed by atoms with Crippen molar-refractivity contribution >= 4 is 0 Å². The van der Waals surface area contributed by atoms with Crippen LogP contribution in [0.5, 0.6) is 5.75 Å². The second-order valence-electron chi connectivity index (χ2n) is 8.53. The Hall–Kier alpha value is -3.91. The van der Waals surface area contributed by atoms with Crippen LogP contribution in [-0.2, 0) is 0 Å². The van der Waals surface area contributed by atoms with E-state index in [1.807, 2.05) is 6.92 Å². The second kappa shape index (κ2) is 12.4. The van der Waals surface area contributed by atoms with Crippen LogP contribution >= 0.6 is 0 Å². The van der Waals surface area contributed by atoms with Crippen molar-refractivity contribution in [2.45, 2.75) is 52.1 Å². The molecule has 0 N–H and O–H groups in total. The van der Waals surface area contributed by atoms with Gasteiger partial charge in [-0.1, -0.05) is 38.0 Å². The largest absolute Gasteiger partial charge is 0.491 e. The lowest BCUT2D eigenvalue weighted by atomic mass is 10.00. The van der Waals surface area contributed by atoms with E-state index < -0.39 is 57.2 Å². The summed E-state index contributed by atoms with van der Waals surface area (Å²) in [5.41, 5.74) is -2.95. The lowest BCUT2D eigenvalue weighted by Crippen LogP contribution is -2.12. The van der Waals surface area contributed by atoms with Gasteiger partial charge >= 0.3 is 0 Å². The van der Waals surface area contributed by atoms with Crippen molar-refractivity contribution < 1.29 is 31.1 Å². The molecule has 1 atom stereocenters. The Labute approximate surface area is 211 Å². The first-order chi connectivity index (χ1) is 17.6. The van der Waals surface area contributed by atoms with Crippen LogP contribution in [0.15, 0.2) is 36.4 Å². The van der Waals surface area contributed by atoms with Crippen molar-refractivity contribution in [1.29, 1.82) is 5.26 Å². The maximum atomic E-state index is 14.7. The standard InChI is InChI=1S/C29H23F6NO/c1-3-4-5-6-7-17(2)37-20-14-25(32)21(26(33)15-20)9-8-18-10-27(34)29(28(35)11-18)19-12-23(30)22(16-36)24(31)13-19/h10-15,17H,3-7H2,1-2H3/t17-/m0/s1. The minimum absolute atomic E-state index is 0.00636. The molecule has 0 saturated heterocycles. The highest BCUT2D eigenvalue weighted by atomic mass is 19.2. The number of unbranched alkanes of at least 4 members (excludes halogenated alkanes) is 3. The van der Waals surface area contributed by atoms with Gasteiger partial charge in [-0.25, -0.2) is 26.3 Å². The molecule has 0 aromatic heterocycles. The highest BCUT2D eigenvalue weighted by Crippen LogP contribution is 2.30. The summed E-state index contributed by atoms with van der Waals surface area (Å²) in [5, 5.41) is 8.75. The van der Waals surface area contributed by atoms with Gasteiger partial charge < -0.3 is 4.74 Å². The molecule has 0 amide bonds. The Balaban J connectivity index is 1.82. The number of ether oxygens (including phenoxy) is 1. The summed E-state index contributed by atoms with van der Waals surface area (Å²) in [4.78, 5) is 0. The molecule has 0 aliphatic carbocycles. The Kier molecular flexibility index (Phi) is 9.25. The molecule has 0 unspecified atom stereocenters. The fraction of sp³-hybridized carbons (Fsp3) is 0.276. The Bertz CT molecular complexity index is 1330. The molecule has 0 aliphatic heterocycles. The molecule has 0 radical (unpaired) electrons. The van der Waals surface area contributed by atoms with Crippen molar-refractivity contribution in [3.63, 3.8) is 0 Å². The first-order valence-corrected chi connectivity index (χ1v) is 11.7. The van der Waals surface area contributed by atoms with Crippen molar-refractivity contribution in [2.24, 2.45) is 0 Å². The van der Waals surface area contributed by atoms with Gasteiger partial charge in [0.25, 0.3) is 0 Å². The third-order valence-corrected chi connectivity index (χ3v) is 5.63. The first-order valence-electron chi connectivity index (χ1n) is 11.7. The van der Waals surface area contributed by atoms with E-state index in [0.717, 1.165) is 56.4 Å². The molecule has 37 heavy (non-hydrogen) atoms. The van der Waals surface area contributed by atoms with Gasteiger partial charge in [0.05, 0.1) is 17.2 Å². The van der Waals surface area contributed by atoms with Gasteiger partial charge in [0.15, 0.2) is 0 Å². The molecule has 2 nitrogen and oxygen atoms in total. The maximum absolute atomic E-state index is 14.7. The van der Waals surface area contributed by atoms with Gasteiger partial charge in [-0.15, -0.1) is 0 Å². The topological polar surface area (TPSA) is 33.0 Å². The van der Waals surface area contributed by atoms with E-state index >= 15 is 0 Å². The summed E-state index contributed by atoms with van der Waals surface area (Å²) < 4.78 is 91.8. The number of nitriles is 1. The van der Waals surface area contributed by atoms with Crippen LogP contribution in [0.2, 0.25) is 0 Å². The van der Waals surface area contributed by atoms with Crippen LogP contribution in [0.3, 0.4) is 0 Å². The Morgan fingerprint density at radius 3 is 1.84 bits per heavy atom. The molecule has 3 rings (SSSR count). The molecular formula is C29H23F6NO. The average molecular weight is 515 g/mol. The monoisotopic (exact) mass is 515 g/mol. The quantitative estimate of drug-likeness (QED) is 0.172. The van der Waals surface area contributed by atoms with Crippen LogP contribution in [0.1, 0.15) is 62.6 Å². The zero-order valence-electron chi connectivity index (χ0n) is 20.2. The second-order valence-corrected chi connectivity index (χ2v) is 8.53. The van der Waals surface area contributed by atoms with Gasteiger partial charge in [-0.2, -0.15) is 5.26 Å². The SMILES string of the molecule is CCCCCC[C@H](C)Oc1cc(F)c(C#Cc2cc(F)c(-c3cc(F)c(C#N)c(F)c3)c(F)c2)c(F)c1. The summed E-state index contributed by atoms with van der Waals surface area (Å²) >= 11 is 0. The van der Waals surface area contributed by atoms with Crippen LogP contribution in [0.4, 0.5) is 26.3 Å². The summed E-state index contributed by atoms with van der Waals surface area (Å²) in [6, 6.07) is 6.12. The van der Waals surface area contributed by atoms with E-state index in [1.54, 1.807) is 0 Å². The van der Waals surface area contributed by atoms with E-state index in [-0.39, 0.29) is 17.4 Å². The fourth-order valence-corrected chi connectivity index (χ4v) is 3.77. The summed E-state index contributed by atoms with van der Waals surface area (Å²) in [5.74, 6) is -2.41. The fourth-order valence-electron chi connectivity index (χ4n) is 3.77. The van der Waals surface area contributed by atoms with Crippen LogP contribution < -0.4 is 4.74 Å². The molecule has 3 aromatic rings. The minimum atomic E-state index is -1.27. The number of hydrogen-bond acceptors (Lipinski definition) is 2. The van der Waals surface area contributed by atoms with Gasteiger partial charge in [0.1, 0.15) is 52.3 Å². The van der Waals surface area contributed by atoms with E-state index in [4.69, 9.17) is 10.00 Å². The van der Waals surface area contributed by atoms with Gasteiger partial charge in [-0.05, 0) is 49.6 Å². The van der Waals surface area contributed by atoms with Crippen molar-refractivity contribution in [3.8, 4) is 34.8 Å². The molecule has 0 saturated carbocycles. The molecule has 0 fully saturated rings. The van der Waals surface area contributed by atoms with E-state index in [2.05, 4.69) is 18.8 Å². The van der Waals surface area contributed by atoms with Crippen LogP contribution in [-0.4, -0.2) is 6.10 Å². The maximum Gasteiger partial charge on any atom is 0.145 e. The third kappa shape index (κ3) is 6.86. The molecule has 192 valence electrons. The predicted molar refractivity (Wildman–Crippen MR) is 128 cm³/mol. The third-order valence-electron chi connectivity index (χ3n) is 5.63. The smallest absolute Gasteiger partial charge is 0.145 e. The van der Waals surface area contributed by atoms with Crippen molar-refractivity contribution in [2.75, 3.05) is 0 Å². The number of nitrogens with zero attached hydrogens (tertiary/aromatic N) is 1. The molecule has 0 heterocycles. The average Bonchev–Trinajstić information content (AvgIpc) is 2.81. The van der Waals surface area contributed by atoms with E-state index in [9.17, 15) is 26.3 Å². The zero-order chi connectivity index (χ0) is 27.1. The molecule has 8 heteroatoms. The molecular weight excluding hydrogens is 492 g/mol. The minimum Gasteiger partial charge on any atom is -0.491 e. The molecule has 0 bridgehead atoms. The first kappa shape index (κ1) is 27.7. The number of hydrogen-bond donors (Lipinski definition) is 0. The van der Waals surface area contributed by atoms with Crippen LogP contribution in [0, 0.1) is 58.1 Å². The lowest BCUT2D eigenvalue weighted by molar-refractivity contribution is 0.204. The highest BCUT2D eigenvalue weighted by Gasteiger charge is 2.18. The van der Waals surface area contributed by atoms with Gasteiger partial charge in [-0.3, -0.25) is 0 Å². The normalized spacial score (nSPS) is 11.4. The Morgan fingerprint density at radius 2 is 1.30 bits per heavy atom. The zero-order valence-corrected chi connectivity index (χ0v) is 20.2. The number of benzene rings is 3. The van der Waals surface area contributed by atoms with E-state index in [0.29, 0.717) is 12.1 Å². The summed E-state index contributed by atoms with van der Waals surface area (Å²) in [6.07, 6.45) is 4.67. The van der Waals surface area contributed by atoms with Gasteiger partial charge in [0, 0.05) is 17.7 Å². The van der Waals surface area contributed by atoms with Gasteiger partial charge in [0.2, 0.25) is 0 Å². The highest BCUT2D eigenvalue weighted by molar-refractivity contribution is 5.67. The van der Waals surface area contributed by atoms with Crippen molar-refractivity contribution in [1.82, 2.24) is 0 Å². The lowest BCUT2D eigenvalue weighted by Gasteiger charge is -2.15. The van der Waals surface area contributed by atoms with Crippen molar-refractivity contribution in [3.05, 3.63) is 88.0 Å². The Morgan fingerprint density at radius 1 is 0.730 bits per heavy atom. The summed E-state index contributed by atoms with van der Waals surface area (Å²) in [7, 11) is 0. The van der Waals surface area contributed by atoms with E-state index in [1.165, 1.54) is 6.07 Å². The number of halogens is 6. The predicted octanol–water partition coefficient (Wildman–Crippen LogP) is 8.20. The molecule has 0 aliphatic rings. The molecule has 0 spiro atoms. The van der Waals surface area contributed by atoms with Crippen LogP contribution in [0.25, 0.3) is 11.1 Å². The summed E-state index contributed by atoms with van der Waals surface area (Å²) in [6.45, 7) is 3.91.